The summed E-state index contributed by atoms with van der Waals surface area (Å²) in [6.07, 6.45) is 0.00630. The van der Waals surface area contributed by atoms with Crippen molar-refractivity contribution >= 4 is 0 Å². The SMILES string of the molecule is CC(C)C1CN(C2COC2)CCC1(F)F. The van der Waals surface area contributed by atoms with Gasteiger partial charge < -0.3 is 4.74 Å². The first-order valence-electron chi connectivity index (χ1n) is 5.70. The predicted molar refractivity (Wildman–Crippen MR) is 54.1 cm³/mol. The highest BCUT2D eigenvalue weighted by Crippen LogP contribution is 2.38. The van der Waals surface area contributed by atoms with Crippen LogP contribution < -0.4 is 0 Å². The van der Waals surface area contributed by atoms with Crippen molar-refractivity contribution in [2.75, 3.05) is 26.3 Å². The van der Waals surface area contributed by atoms with E-state index in [1.54, 1.807) is 0 Å². The lowest BCUT2D eigenvalue weighted by Crippen LogP contribution is -2.57. The number of hydrogen-bond acceptors (Lipinski definition) is 2. The van der Waals surface area contributed by atoms with Gasteiger partial charge in [0.1, 0.15) is 0 Å². The van der Waals surface area contributed by atoms with E-state index in [1.165, 1.54) is 0 Å². The Kier molecular flexibility index (Phi) is 2.99. The minimum atomic E-state index is -2.48. The number of ether oxygens (including phenoxy) is 1. The second kappa shape index (κ2) is 3.98. The van der Waals surface area contributed by atoms with Crippen LogP contribution in [0, 0.1) is 11.8 Å². The first kappa shape index (κ1) is 11.3. The molecule has 0 amide bonds. The average Bonchev–Trinajstić information content (AvgIpc) is 2.04. The third kappa shape index (κ3) is 2.16. The van der Waals surface area contributed by atoms with Crippen LogP contribution in [0.5, 0.6) is 0 Å². The topological polar surface area (TPSA) is 12.5 Å². The molecule has 2 rings (SSSR count). The third-order valence-corrected chi connectivity index (χ3v) is 3.65. The van der Waals surface area contributed by atoms with Crippen molar-refractivity contribution in [3.05, 3.63) is 0 Å². The summed E-state index contributed by atoms with van der Waals surface area (Å²) in [4.78, 5) is 2.17. The van der Waals surface area contributed by atoms with Crippen LogP contribution in [-0.2, 0) is 4.74 Å². The van der Waals surface area contributed by atoms with Crippen LogP contribution in [0.4, 0.5) is 8.78 Å². The summed E-state index contributed by atoms with van der Waals surface area (Å²) < 4.78 is 32.3. The van der Waals surface area contributed by atoms with Crippen LogP contribution in [0.1, 0.15) is 20.3 Å². The van der Waals surface area contributed by atoms with Crippen molar-refractivity contribution in [3.63, 3.8) is 0 Å². The largest absolute Gasteiger partial charge is 0.378 e. The molecule has 2 aliphatic heterocycles. The molecule has 2 nitrogen and oxygen atoms in total. The summed E-state index contributed by atoms with van der Waals surface area (Å²) >= 11 is 0. The van der Waals surface area contributed by atoms with Gasteiger partial charge in [-0.1, -0.05) is 13.8 Å². The molecule has 2 saturated heterocycles. The van der Waals surface area contributed by atoms with Crippen LogP contribution in [0.15, 0.2) is 0 Å². The molecule has 2 aliphatic rings. The van der Waals surface area contributed by atoms with Gasteiger partial charge >= 0.3 is 0 Å². The van der Waals surface area contributed by atoms with E-state index in [4.69, 9.17) is 4.74 Å². The third-order valence-electron chi connectivity index (χ3n) is 3.65. The fourth-order valence-electron chi connectivity index (χ4n) is 2.42. The summed E-state index contributed by atoms with van der Waals surface area (Å²) in [6, 6.07) is 0.391. The second-order valence-electron chi connectivity index (χ2n) is 5.05. The fourth-order valence-corrected chi connectivity index (χ4v) is 2.42. The summed E-state index contributed by atoms with van der Waals surface area (Å²) in [5.74, 6) is -2.93. The van der Waals surface area contributed by atoms with E-state index in [-0.39, 0.29) is 12.3 Å². The lowest BCUT2D eigenvalue weighted by Gasteiger charge is -2.46. The smallest absolute Gasteiger partial charge is 0.253 e. The minimum absolute atomic E-state index is 0.00630. The maximum atomic E-state index is 13.6. The average molecular weight is 219 g/mol. The number of nitrogens with zero attached hydrogens (tertiary/aromatic N) is 1. The quantitative estimate of drug-likeness (QED) is 0.704. The van der Waals surface area contributed by atoms with Gasteiger partial charge in [-0.3, -0.25) is 4.90 Å². The predicted octanol–water partition coefficient (Wildman–Crippen LogP) is 2.00. The van der Waals surface area contributed by atoms with Gasteiger partial charge in [0.15, 0.2) is 0 Å². The Bertz CT molecular complexity index is 229. The first-order chi connectivity index (χ1) is 7.00. The van der Waals surface area contributed by atoms with Crippen molar-refractivity contribution in [1.82, 2.24) is 4.90 Å². The van der Waals surface area contributed by atoms with Gasteiger partial charge in [0, 0.05) is 25.4 Å². The summed E-state index contributed by atoms with van der Waals surface area (Å²) in [5, 5.41) is 0. The molecule has 0 aliphatic carbocycles. The van der Waals surface area contributed by atoms with Crippen LogP contribution in [0.2, 0.25) is 0 Å². The molecular weight excluding hydrogens is 200 g/mol. The molecule has 0 spiro atoms. The molecule has 15 heavy (non-hydrogen) atoms. The van der Waals surface area contributed by atoms with Gasteiger partial charge in [-0.25, -0.2) is 8.78 Å². The van der Waals surface area contributed by atoms with E-state index in [1.807, 2.05) is 13.8 Å². The van der Waals surface area contributed by atoms with E-state index >= 15 is 0 Å². The molecule has 4 heteroatoms. The monoisotopic (exact) mass is 219 g/mol. The molecule has 1 atom stereocenters. The molecule has 88 valence electrons. The van der Waals surface area contributed by atoms with E-state index < -0.39 is 11.8 Å². The van der Waals surface area contributed by atoms with Gasteiger partial charge in [-0.2, -0.15) is 0 Å². The van der Waals surface area contributed by atoms with Crippen LogP contribution >= 0.6 is 0 Å². The Morgan fingerprint density at radius 2 is 2.00 bits per heavy atom. The van der Waals surface area contributed by atoms with E-state index in [0.717, 1.165) is 13.2 Å². The summed E-state index contributed by atoms with van der Waals surface area (Å²) in [5.41, 5.74) is 0. The Labute approximate surface area is 89.6 Å². The zero-order valence-electron chi connectivity index (χ0n) is 9.38. The molecule has 0 aromatic rings. The van der Waals surface area contributed by atoms with Gasteiger partial charge in [0.2, 0.25) is 0 Å². The second-order valence-corrected chi connectivity index (χ2v) is 5.05. The fraction of sp³-hybridized carbons (Fsp3) is 1.00. The number of piperidine rings is 1. The highest BCUT2D eigenvalue weighted by atomic mass is 19.3. The van der Waals surface area contributed by atoms with E-state index in [9.17, 15) is 8.78 Å². The van der Waals surface area contributed by atoms with Gasteiger partial charge in [0.25, 0.3) is 5.92 Å². The Hall–Kier alpha value is -0.220. The zero-order valence-corrected chi connectivity index (χ0v) is 9.38. The lowest BCUT2D eigenvalue weighted by molar-refractivity contribution is -0.153. The molecule has 0 bridgehead atoms. The summed E-state index contributed by atoms with van der Waals surface area (Å²) in [7, 11) is 0. The van der Waals surface area contributed by atoms with Crippen molar-refractivity contribution in [2.24, 2.45) is 11.8 Å². The van der Waals surface area contributed by atoms with Crippen LogP contribution in [-0.4, -0.2) is 43.2 Å². The minimum Gasteiger partial charge on any atom is -0.378 e. The van der Waals surface area contributed by atoms with Crippen molar-refractivity contribution in [3.8, 4) is 0 Å². The zero-order chi connectivity index (χ0) is 11.1. The number of likely N-dealkylation sites (tertiary alicyclic amines) is 1. The van der Waals surface area contributed by atoms with E-state index in [0.29, 0.717) is 19.1 Å². The van der Waals surface area contributed by atoms with E-state index in [2.05, 4.69) is 4.90 Å². The Morgan fingerprint density at radius 1 is 1.33 bits per heavy atom. The van der Waals surface area contributed by atoms with Gasteiger partial charge in [-0.05, 0) is 5.92 Å². The lowest BCUT2D eigenvalue weighted by atomic mass is 9.84. The van der Waals surface area contributed by atoms with Gasteiger partial charge in [-0.15, -0.1) is 0 Å². The number of hydrogen-bond donors (Lipinski definition) is 0. The molecule has 0 N–H and O–H groups in total. The van der Waals surface area contributed by atoms with Crippen LogP contribution in [0.3, 0.4) is 0 Å². The normalized spacial score (nSPS) is 33.0. The summed E-state index contributed by atoms with van der Waals surface area (Å²) in [6.45, 7) is 6.26. The maximum absolute atomic E-state index is 13.6. The Morgan fingerprint density at radius 3 is 2.47 bits per heavy atom. The molecule has 0 aromatic carbocycles. The first-order valence-corrected chi connectivity index (χ1v) is 5.70. The molecular formula is C11H19F2NO. The standard InChI is InChI=1S/C11H19F2NO/c1-8(2)10-5-14(9-6-15-7-9)4-3-11(10,12)13/h8-10H,3-7H2,1-2H3. The molecule has 0 radical (unpaired) electrons. The number of halogens is 2. The van der Waals surface area contributed by atoms with Crippen molar-refractivity contribution in [1.29, 1.82) is 0 Å². The number of alkyl halides is 2. The van der Waals surface area contributed by atoms with Crippen LogP contribution in [0.25, 0.3) is 0 Å². The number of rotatable bonds is 2. The maximum Gasteiger partial charge on any atom is 0.253 e. The van der Waals surface area contributed by atoms with Crippen molar-refractivity contribution in [2.45, 2.75) is 32.2 Å². The molecule has 2 fully saturated rings. The van der Waals surface area contributed by atoms with Crippen molar-refractivity contribution < 1.29 is 13.5 Å². The van der Waals surface area contributed by atoms with Gasteiger partial charge in [0.05, 0.1) is 19.3 Å². The molecule has 0 saturated carbocycles. The Balaban J connectivity index is 1.99. The highest BCUT2D eigenvalue weighted by molar-refractivity contribution is 4.91. The highest BCUT2D eigenvalue weighted by Gasteiger charge is 2.47. The molecule has 1 unspecified atom stereocenters. The molecule has 0 aromatic heterocycles. The molecule has 2 heterocycles.